The number of hydrogen-bond acceptors (Lipinski definition) is 6. The summed E-state index contributed by atoms with van der Waals surface area (Å²) in [4.78, 5) is 18.9. The Morgan fingerprint density at radius 1 is 1.03 bits per heavy atom. The summed E-state index contributed by atoms with van der Waals surface area (Å²) in [7, 11) is -3.55. The molecule has 1 aliphatic heterocycles. The van der Waals surface area contributed by atoms with Crippen molar-refractivity contribution in [3.8, 4) is 5.75 Å². The number of thiazole rings is 1. The van der Waals surface area contributed by atoms with Gasteiger partial charge >= 0.3 is 0 Å². The van der Waals surface area contributed by atoms with Crippen LogP contribution < -0.4 is 4.74 Å². The number of hydrogen-bond donors (Lipinski definition) is 0. The van der Waals surface area contributed by atoms with Gasteiger partial charge in [0.25, 0.3) is 0 Å². The first-order chi connectivity index (χ1) is 16.3. The summed E-state index contributed by atoms with van der Waals surface area (Å²) in [5, 5.41) is 2.99. The molecular weight excluding hydrogens is 470 g/mol. The maximum atomic E-state index is 12.8. The van der Waals surface area contributed by atoms with E-state index in [2.05, 4.69) is 4.98 Å². The summed E-state index contributed by atoms with van der Waals surface area (Å²) in [5.41, 5.74) is 2.80. The molecule has 0 spiro atoms. The lowest BCUT2D eigenvalue weighted by Gasteiger charge is -2.33. The second-order valence-electron chi connectivity index (χ2n) is 8.09. The first-order valence-electron chi connectivity index (χ1n) is 11.0. The number of ether oxygens (including phenoxy) is 1. The summed E-state index contributed by atoms with van der Waals surface area (Å²) >= 11 is 1.59. The van der Waals surface area contributed by atoms with Crippen molar-refractivity contribution in [2.24, 2.45) is 0 Å². The predicted molar refractivity (Wildman–Crippen MR) is 133 cm³/mol. The number of nitrogens with zero attached hydrogens (tertiary/aromatic N) is 3. The third-order valence-electron chi connectivity index (χ3n) is 5.56. The van der Waals surface area contributed by atoms with E-state index < -0.39 is 10.0 Å². The minimum atomic E-state index is -3.55. The number of benzene rings is 2. The van der Waals surface area contributed by atoms with E-state index in [4.69, 9.17) is 4.74 Å². The van der Waals surface area contributed by atoms with Crippen LogP contribution in [0, 0.1) is 13.8 Å². The minimum Gasteiger partial charge on any atom is -0.487 e. The van der Waals surface area contributed by atoms with Crippen LogP contribution in [0.5, 0.6) is 5.75 Å². The molecule has 2 heterocycles. The molecule has 178 valence electrons. The number of rotatable bonds is 7. The van der Waals surface area contributed by atoms with Crippen LogP contribution in [-0.2, 0) is 21.4 Å². The van der Waals surface area contributed by atoms with Crippen molar-refractivity contribution in [2.45, 2.75) is 25.3 Å². The van der Waals surface area contributed by atoms with Gasteiger partial charge in [-0.15, -0.1) is 11.3 Å². The average Bonchev–Trinajstić information content (AvgIpc) is 3.27. The van der Waals surface area contributed by atoms with Gasteiger partial charge in [0.2, 0.25) is 15.9 Å². The lowest BCUT2D eigenvalue weighted by molar-refractivity contribution is -0.127. The molecule has 7 nitrogen and oxygen atoms in total. The van der Waals surface area contributed by atoms with Crippen LogP contribution in [0.25, 0.3) is 6.08 Å². The summed E-state index contributed by atoms with van der Waals surface area (Å²) in [6.07, 6.45) is 3.28. The first kappa shape index (κ1) is 24.1. The highest BCUT2D eigenvalue weighted by molar-refractivity contribution is 7.89. The Kier molecular flexibility index (Phi) is 7.45. The standard InChI is InChI=1S/C25H27N3O4S2/c1-19-3-10-24(11-4-19)34(30,31)28-15-13-27(14-16-28)25(29)12-7-21-5-8-23(9-6-21)32-17-22-18-33-20(2)26-22/h3-12,18H,13-17H2,1-2H3/b12-7+. The normalized spacial score (nSPS) is 15.1. The number of aryl methyl sites for hydroxylation is 2. The van der Waals surface area contributed by atoms with E-state index in [1.54, 1.807) is 46.6 Å². The molecule has 1 saturated heterocycles. The van der Waals surface area contributed by atoms with E-state index in [1.165, 1.54) is 10.4 Å². The van der Waals surface area contributed by atoms with E-state index in [1.807, 2.05) is 43.5 Å². The molecular formula is C25H27N3O4S2. The quantitative estimate of drug-likeness (QED) is 0.463. The third kappa shape index (κ3) is 5.91. The number of sulfonamides is 1. The minimum absolute atomic E-state index is 0.133. The van der Waals surface area contributed by atoms with Gasteiger partial charge in [-0.3, -0.25) is 4.79 Å². The highest BCUT2D eigenvalue weighted by Crippen LogP contribution is 2.19. The maximum absolute atomic E-state index is 12.8. The van der Waals surface area contributed by atoms with Gasteiger partial charge in [-0.2, -0.15) is 4.31 Å². The summed E-state index contributed by atoms with van der Waals surface area (Å²) in [6, 6.07) is 14.3. The fraction of sp³-hybridized carbons (Fsp3) is 0.280. The fourth-order valence-electron chi connectivity index (χ4n) is 3.59. The molecule has 1 aliphatic rings. The average molecular weight is 498 g/mol. The molecule has 4 rings (SSSR count). The summed E-state index contributed by atoms with van der Waals surface area (Å²) in [5.74, 6) is 0.603. The SMILES string of the molecule is Cc1ccc(S(=O)(=O)N2CCN(C(=O)/C=C/c3ccc(OCc4csc(C)n4)cc3)CC2)cc1. The van der Waals surface area contributed by atoms with Crippen molar-refractivity contribution in [1.29, 1.82) is 0 Å². The van der Waals surface area contributed by atoms with Crippen LogP contribution in [-0.4, -0.2) is 54.7 Å². The van der Waals surface area contributed by atoms with Crippen molar-refractivity contribution in [3.05, 3.63) is 81.8 Å². The fourth-order valence-corrected chi connectivity index (χ4v) is 5.61. The molecule has 1 aromatic heterocycles. The third-order valence-corrected chi connectivity index (χ3v) is 8.30. The van der Waals surface area contributed by atoms with E-state index in [9.17, 15) is 13.2 Å². The van der Waals surface area contributed by atoms with Gasteiger partial charge < -0.3 is 9.64 Å². The van der Waals surface area contributed by atoms with Crippen molar-refractivity contribution in [3.63, 3.8) is 0 Å². The van der Waals surface area contributed by atoms with Gasteiger partial charge in [0.15, 0.2) is 0 Å². The molecule has 9 heteroatoms. The van der Waals surface area contributed by atoms with Crippen molar-refractivity contribution < 1.29 is 17.9 Å². The Bertz CT molecular complexity index is 1260. The van der Waals surface area contributed by atoms with Gasteiger partial charge in [0.1, 0.15) is 12.4 Å². The van der Waals surface area contributed by atoms with E-state index in [0.717, 1.165) is 27.6 Å². The Hall–Kier alpha value is -3.01. The number of carbonyl (C=O) groups excluding carboxylic acids is 1. The molecule has 2 aromatic carbocycles. The molecule has 0 N–H and O–H groups in total. The van der Waals surface area contributed by atoms with Gasteiger partial charge in [-0.05, 0) is 49.8 Å². The molecule has 1 fully saturated rings. The maximum Gasteiger partial charge on any atom is 0.246 e. The summed E-state index contributed by atoms with van der Waals surface area (Å²) < 4.78 is 32.9. The number of aromatic nitrogens is 1. The predicted octanol–water partition coefficient (Wildman–Crippen LogP) is 3.89. The number of carbonyl (C=O) groups is 1. The smallest absolute Gasteiger partial charge is 0.246 e. The Labute approximate surface area is 204 Å². The van der Waals surface area contributed by atoms with Crippen LogP contribution in [0.4, 0.5) is 0 Å². The highest BCUT2D eigenvalue weighted by atomic mass is 32.2. The molecule has 0 aliphatic carbocycles. The molecule has 34 heavy (non-hydrogen) atoms. The van der Waals surface area contributed by atoms with Crippen molar-refractivity contribution >= 4 is 33.3 Å². The monoisotopic (exact) mass is 497 g/mol. The number of amides is 1. The Morgan fingerprint density at radius 3 is 2.32 bits per heavy atom. The van der Waals surface area contributed by atoms with Crippen LogP contribution in [0.3, 0.4) is 0 Å². The van der Waals surface area contributed by atoms with Crippen LogP contribution in [0.15, 0.2) is 64.9 Å². The van der Waals surface area contributed by atoms with Crippen LogP contribution in [0.2, 0.25) is 0 Å². The molecule has 3 aromatic rings. The van der Waals surface area contributed by atoms with E-state index in [-0.39, 0.29) is 23.9 Å². The van der Waals surface area contributed by atoms with Crippen molar-refractivity contribution in [1.82, 2.24) is 14.2 Å². The lowest BCUT2D eigenvalue weighted by Crippen LogP contribution is -2.50. The molecule has 1 amide bonds. The molecule has 0 bridgehead atoms. The topological polar surface area (TPSA) is 79.8 Å². The van der Waals surface area contributed by atoms with Gasteiger partial charge in [0.05, 0.1) is 15.6 Å². The lowest BCUT2D eigenvalue weighted by atomic mass is 10.2. The van der Waals surface area contributed by atoms with Crippen molar-refractivity contribution in [2.75, 3.05) is 26.2 Å². The first-order valence-corrected chi connectivity index (χ1v) is 13.3. The Morgan fingerprint density at radius 2 is 1.71 bits per heavy atom. The zero-order valence-corrected chi connectivity index (χ0v) is 20.8. The van der Waals surface area contributed by atoms with E-state index >= 15 is 0 Å². The zero-order valence-electron chi connectivity index (χ0n) is 19.2. The van der Waals surface area contributed by atoms with Gasteiger partial charge in [0, 0.05) is 37.6 Å². The molecule has 0 unspecified atom stereocenters. The van der Waals surface area contributed by atoms with Gasteiger partial charge in [-0.25, -0.2) is 13.4 Å². The largest absolute Gasteiger partial charge is 0.487 e. The van der Waals surface area contributed by atoms with E-state index in [0.29, 0.717) is 19.7 Å². The van der Waals surface area contributed by atoms with Gasteiger partial charge in [-0.1, -0.05) is 29.8 Å². The van der Waals surface area contributed by atoms with Crippen LogP contribution >= 0.6 is 11.3 Å². The molecule has 0 atom stereocenters. The highest BCUT2D eigenvalue weighted by Gasteiger charge is 2.29. The zero-order chi connectivity index (χ0) is 24.1. The number of piperazine rings is 1. The molecule has 0 radical (unpaired) electrons. The van der Waals surface area contributed by atoms with Crippen LogP contribution in [0.1, 0.15) is 21.8 Å². The Balaban J connectivity index is 1.28. The molecule has 0 saturated carbocycles. The second-order valence-corrected chi connectivity index (χ2v) is 11.1. The second kappa shape index (κ2) is 10.5. The summed E-state index contributed by atoms with van der Waals surface area (Å²) in [6.45, 7) is 5.57.